The molecule has 0 heterocycles. The van der Waals surface area contributed by atoms with Gasteiger partial charge < -0.3 is 10.1 Å². The second-order valence-electron chi connectivity index (χ2n) is 5.35. The minimum absolute atomic E-state index is 0.709. The van der Waals surface area contributed by atoms with E-state index in [1.54, 1.807) is 7.11 Å². The number of nitrogens with one attached hydrogen (secondary N) is 1. The van der Waals surface area contributed by atoms with Crippen molar-refractivity contribution in [1.29, 1.82) is 0 Å². The molecule has 2 nitrogen and oxygen atoms in total. The van der Waals surface area contributed by atoms with Gasteiger partial charge in [-0.15, -0.1) is 0 Å². The standard InChI is InChI=1S/C14H29NO/c1-4-9-15-14(11-13-6-5-7-13)12(2)8-10-16-3/h12-15H,4-11H2,1-3H3. The van der Waals surface area contributed by atoms with Crippen LogP contribution in [0.15, 0.2) is 0 Å². The summed E-state index contributed by atoms with van der Waals surface area (Å²) in [6, 6.07) is 0.709. The van der Waals surface area contributed by atoms with Gasteiger partial charge in [0.15, 0.2) is 0 Å². The lowest BCUT2D eigenvalue weighted by Gasteiger charge is -2.33. The average molecular weight is 227 g/mol. The molecule has 1 fully saturated rings. The van der Waals surface area contributed by atoms with E-state index in [0.717, 1.165) is 25.0 Å². The van der Waals surface area contributed by atoms with Crippen molar-refractivity contribution < 1.29 is 4.74 Å². The topological polar surface area (TPSA) is 21.3 Å². The lowest BCUT2D eigenvalue weighted by molar-refractivity contribution is 0.157. The van der Waals surface area contributed by atoms with Crippen LogP contribution in [0.3, 0.4) is 0 Å². The fraction of sp³-hybridized carbons (Fsp3) is 1.00. The molecule has 2 atom stereocenters. The van der Waals surface area contributed by atoms with E-state index in [1.807, 2.05) is 0 Å². The van der Waals surface area contributed by atoms with Crippen LogP contribution in [0.4, 0.5) is 0 Å². The maximum Gasteiger partial charge on any atom is 0.0465 e. The maximum absolute atomic E-state index is 5.18. The number of ether oxygens (including phenoxy) is 1. The molecule has 0 bridgehead atoms. The molecular weight excluding hydrogens is 198 g/mol. The molecular formula is C14H29NO. The van der Waals surface area contributed by atoms with E-state index in [-0.39, 0.29) is 0 Å². The predicted octanol–water partition coefficient (Wildman–Crippen LogP) is 3.22. The Kier molecular flexibility index (Phi) is 7.06. The first kappa shape index (κ1) is 14.0. The zero-order chi connectivity index (χ0) is 11.8. The Balaban J connectivity index is 2.28. The van der Waals surface area contributed by atoms with E-state index in [1.165, 1.54) is 38.5 Å². The summed E-state index contributed by atoms with van der Waals surface area (Å²) in [4.78, 5) is 0. The lowest BCUT2D eigenvalue weighted by Crippen LogP contribution is -2.38. The minimum atomic E-state index is 0.709. The zero-order valence-corrected chi connectivity index (χ0v) is 11.3. The van der Waals surface area contributed by atoms with Crippen LogP contribution in [0.25, 0.3) is 0 Å². The summed E-state index contributed by atoms with van der Waals surface area (Å²) >= 11 is 0. The van der Waals surface area contributed by atoms with Gasteiger partial charge >= 0.3 is 0 Å². The molecule has 0 spiro atoms. The Hall–Kier alpha value is -0.0800. The maximum atomic E-state index is 5.18. The van der Waals surface area contributed by atoms with Crippen LogP contribution in [-0.2, 0) is 4.74 Å². The van der Waals surface area contributed by atoms with Gasteiger partial charge in [0.05, 0.1) is 0 Å². The Bertz CT molecular complexity index is 168. The van der Waals surface area contributed by atoms with E-state index in [9.17, 15) is 0 Å². The highest BCUT2D eigenvalue weighted by Gasteiger charge is 2.24. The van der Waals surface area contributed by atoms with E-state index in [0.29, 0.717) is 6.04 Å². The average Bonchev–Trinajstić information content (AvgIpc) is 2.23. The Labute approximate surface area is 101 Å². The van der Waals surface area contributed by atoms with E-state index >= 15 is 0 Å². The molecule has 0 radical (unpaired) electrons. The molecule has 2 heteroatoms. The third-order valence-electron chi connectivity index (χ3n) is 3.93. The Morgan fingerprint density at radius 2 is 2.12 bits per heavy atom. The van der Waals surface area contributed by atoms with Crippen molar-refractivity contribution in [2.24, 2.45) is 11.8 Å². The summed E-state index contributed by atoms with van der Waals surface area (Å²) in [5, 5.41) is 3.72. The summed E-state index contributed by atoms with van der Waals surface area (Å²) in [7, 11) is 1.80. The molecule has 0 aromatic carbocycles. The van der Waals surface area contributed by atoms with Crippen molar-refractivity contribution in [2.75, 3.05) is 20.3 Å². The SMILES string of the molecule is CCCNC(CC1CCC1)C(C)CCOC. The molecule has 16 heavy (non-hydrogen) atoms. The van der Waals surface area contributed by atoms with E-state index in [4.69, 9.17) is 4.74 Å². The summed E-state index contributed by atoms with van der Waals surface area (Å²) in [5.41, 5.74) is 0. The fourth-order valence-corrected chi connectivity index (χ4v) is 2.44. The van der Waals surface area contributed by atoms with Crippen LogP contribution in [0.5, 0.6) is 0 Å². The highest BCUT2D eigenvalue weighted by Crippen LogP contribution is 2.32. The molecule has 1 saturated carbocycles. The van der Waals surface area contributed by atoms with Crippen molar-refractivity contribution in [3.05, 3.63) is 0 Å². The quantitative estimate of drug-likeness (QED) is 0.653. The van der Waals surface area contributed by atoms with Gasteiger partial charge in [0.1, 0.15) is 0 Å². The van der Waals surface area contributed by atoms with Gasteiger partial charge in [-0.3, -0.25) is 0 Å². The predicted molar refractivity (Wildman–Crippen MR) is 69.7 cm³/mol. The number of hydrogen-bond donors (Lipinski definition) is 1. The van der Waals surface area contributed by atoms with Crippen LogP contribution in [0, 0.1) is 11.8 Å². The lowest BCUT2D eigenvalue weighted by atomic mass is 9.78. The van der Waals surface area contributed by atoms with Gasteiger partial charge in [0.25, 0.3) is 0 Å². The van der Waals surface area contributed by atoms with Gasteiger partial charge in [-0.25, -0.2) is 0 Å². The Morgan fingerprint density at radius 1 is 1.38 bits per heavy atom. The molecule has 0 aliphatic heterocycles. The molecule has 0 aromatic heterocycles. The van der Waals surface area contributed by atoms with Gasteiger partial charge in [-0.05, 0) is 37.6 Å². The molecule has 96 valence electrons. The molecule has 1 N–H and O–H groups in total. The van der Waals surface area contributed by atoms with Gasteiger partial charge in [0, 0.05) is 19.8 Å². The molecule has 0 aromatic rings. The van der Waals surface area contributed by atoms with Crippen molar-refractivity contribution in [2.45, 2.75) is 58.4 Å². The zero-order valence-electron chi connectivity index (χ0n) is 11.3. The molecule has 2 unspecified atom stereocenters. The van der Waals surface area contributed by atoms with E-state index < -0.39 is 0 Å². The van der Waals surface area contributed by atoms with Crippen LogP contribution < -0.4 is 5.32 Å². The molecule has 1 rings (SSSR count). The summed E-state index contributed by atoms with van der Waals surface area (Å²) in [6.07, 6.45) is 8.17. The second-order valence-corrected chi connectivity index (χ2v) is 5.35. The van der Waals surface area contributed by atoms with Crippen molar-refractivity contribution in [3.8, 4) is 0 Å². The normalized spacial score (nSPS) is 20.4. The molecule has 1 aliphatic rings. The third-order valence-corrected chi connectivity index (χ3v) is 3.93. The number of methoxy groups -OCH3 is 1. The van der Waals surface area contributed by atoms with Crippen molar-refractivity contribution >= 4 is 0 Å². The minimum Gasteiger partial charge on any atom is -0.385 e. The highest BCUT2D eigenvalue weighted by atomic mass is 16.5. The van der Waals surface area contributed by atoms with Gasteiger partial charge in [-0.2, -0.15) is 0 Å². The second kappa shape index (κ2) is 8.08. The first-order valence-electron chi connectivity index (χ1n) is 7.00. The first-order chi connectivity index (χ1) is 7.77. The van der Waals surface area contributed by atoms with Crippen LogP contribution in [0.2, 0.25) is 0 Å². The summed E-state index contributed by atoms with van der Waals surface area (Å²) in [5.74, 6) is 1.74. The smallest absolute Gasteiger partial charge is 0.0465 e. The van der Waals surface area contributed by atoms with Crippen molar-refractivity contribution in [1.82, 2.24) is 5.32 Å². The Morgan fingerprint density at radius 3 is 2.62 bits per heavy atom. The fourth-order valence-electron chi connectivity index (χ4n) is 2.44. The largest absolute Gasteiger partial charge is 0.385 e. The van der Waals surface area contributed by atoms with E-state index in [2.05, 4.69) is 19.2 Å². The van der Waals surface area contributed by atoms with Crippen LogP contribution in [0.1, 0.15) is 52.4 Å². The van der Waals surface area contributed by atoms with Crippen molar-refractivity contribution in [3.63, 3.8) is 0 Å². The number of hydrogen-bond acceptors (Lipinski definition) is 2. The van der Waals surface area contributed by atoms with Gasteiger partial charge in [0.2, 0.25) is 0 Å². The van der Waals surface area contributed by atoms with Gasteiger partial charge in [-0.1, -0.05) is 33.1 Å². The summed E-state index contributed by atoms with van der Waals surface area (Å²) < 4.78 is 5.18. The monoisotopic (exact) mass is 227 g/mol. The molecule has 0 saturated heterocycles. The van der Waals surface area contributed by atoms with Crippen LogP contribution in [-0.4, -0.2) is 26.3 Å². The highest BCUT2D eigenvalue weighted by molar-refractivity contribution is 4.80. The summed E-state index contributed by atoms with van der Waals surface area (Å²) in [6.45, 7) is 6.67. The number of rotatable bonds is 9. The van der Waals surface area contributed by atoms with Crippen LogP contribution >= 0.6 is 0 Å². The third kappa shape index (κ3) is 4.84. The first-order valence-corrected chi connectivity index (χ1v) is 7.00. The molecule has 1 aliphatic carbocycles. The molecule has 0 amide bonds.